The minimum atomic E-state index is -0.345. The van der Waals surface area contributed by atoms with Gasteiger partial charge in [0, 0.05) is 19.0 Å². The number of aromatic nitrogens is 3. The van der Waals surface area contributed by atoms with Gasteiger partial charge in [-0.2, -0.15) is 5.10 Å². The Hall–Kier alpha value is -2.77. The number of anilines is 1. The normalized spacial score (nSPS) is 13.7. The Morgan fingerprint density at radius 2 is 2.08 bits per heavy atom. The molecular formula is C17H22N4O4. The van der Waals surface area contributed by atoms with E-state index in [1.54, 1.807) is 29.9 Å². The molecule has 0 radical (unpaired) electrons. The van der Waals surface area contributed by atoms with Crippen molar-refractivity contribution in [2.24, 2.45) is 0 Å². The summed E-state index contributed by atoms with van der Waals surface area (Å²) in [5.41, 5.74) is 0.255. The number of carbonyl (C=O) groups is 1. The number of benzene rings is 1. The molecular weight excluding hydrogens is 324 g/mol. The second-order valence-electron chi connectivity index (χ2n) is 5.93. The summed E-state index contributed by atoms with van der Waals surface area (Å²) in [5, 5.41) is 7.07. The Morgan fingerprint density at radius 1 is 1.24 bits per heavy atom. The summed E-state index contributed by atoms with van der Waals surface area (Å²) in [6.07, 6.45) is 3.85. The summed E-state index contributed by atoms with van der Waals surface area (Å²) < 4.78 is 13.3. The summed E-state index contributed by atoms with van der Waals surface area (Å²) >= 11 is 0. The van der Waals surface area contributed by atoms with Gasteiger partial charge in [0.25, 0.3) is 0 Å². The van der Waals surface area contributed by atoms with Gasteiger partial charge in [-0.05, 0) is 25.0 Å². The average molecular weight is 346 g/mol. The number of rotatable bonds is 5. The summed E-state index contributed by atoms with van der Waals surface area (Å²) in [7, 11) is 3.07. The zero-order valence-corrected chi connectivity index (χ0v) is 14.4. The molecule has 0 unspecified atom stereocenters. The van der Waals surface area contributed by atoms with Crippen LogP contribution in [0.15, 0.2) is 23.0 Å². The minimum Gasteiger partial charge on any atom is -0.497 e. The summed E-state index contributed by atoms with van der Waals surface area (Å²) in [6.45, 7) is 0.526. The van der Waals surface area contributed by atoms with Crippen molar-refractivity contribution < 1.29 is 14.3 Å². The molecule has 134 valence electrons. The summed E-state index contributed by atoms with van der Waals surface area (Å²) in [5.74, 6) is 1.53. The van der Waals surface area contributed by atoms with Gasteiger partial charge in [-0.25, -0.2) is 9.48 Å². The van der Waals surface area contributed by atoms with Crippen LogP contribution >= 0.6 is 0 Å². The molecule has 8 heteroatoms. The number of ether oxygens (including phenoxy) is 2. The van der Waals surface area contributed by atoms with Crippen LogP contribution in [0.3, 0.4) is 0 Å². The van der Waals surface area contributed by atoms with Crippen molar-refractivity contribution in [1.29, 1.82) is 0 Å². The molecule has 1 N–H and O–H groups in total. The second kappa shape index (κ2) is 7.42. The fraction of sp³-hybridized carbons (Fsp3) is 0.471. The van der Waals surface area contributed by atoms with Crippen molar-refractivity contribution in [3.8, 4) is 11.5 Å². The molecule has 0 bridgehead atoms. The monoisotopic (exact) mass is 346 g/mol. The maximum Gasteiger partial charge on any atom is 0.346 e. The van der Waals surface area contributed by atoms with Gasteiger partial charge in [0.1, 0.15) is 23.9 Å². The highest BCUT2D eigenvalue weighted by atomic mass is 16.5. The molecule has 8 nitrogen and oxygen atoms in total. The van der Waals surface area contributed by atoms with Crippen LogP contribution in [0.2, 0.25) is 0 Å². The largest absolute Gasteiger partial charge is 0.497 e. The van der Waals surface area contributed by atoms with Gasteiger partial charge in [-0.3, -0.25) is 9.36 Å². The Balaban J connectivity index is 1.76. The minimum absolute atomic E-state index is 0.140. The lowest BCUT2D eigenvalue weighted by molar-refractivity contribution is -0.117. The maximum absolute atomic E-state index is 12.4. The highest BCUT2D eigenvalue weighted by Gasteiger charge is 2.18. The molecule has 1 aliphatic heterocycles. The van der Waals surface area contributed by atoms with Crippen LogP contribution in [0.25, 0.3) is 0 Å². The first-order chi connectivity index (χ1) is 12.1. The predicted octanol–water partition coefficient (Wildman–Crippen LogP) is 1.43. The molecule has 1 aromatic carbocycles. The maximum atomic E-state index is 12.4. The van der Waals surface area contributed by atoms with E-state index in [1.807, 2.05) is 0 Å². The molecule has 1 aliphatic rings. The van der Waals surface area contributed by atoms with Gasteiger partial charge in [0.05, 0.1) is 19.9 Å². The molecule has 0 saturated carbocycles. The van der Waals surface area contributed by atoms with Gasteiger partial charge in [-0.15, -0.1) is 0 Å². The van der Waals surface area contributed by atoms with Crippen molar-refractivity contribution in [2.75, 3.05) is 19.5 Å². The number of hydrogen-bond donors (Lipinski definition) is 1. The van der Waals surface area contributed by atoms with Crippen LogP contribution in [-0.2, 0) is 24.3 Å². The van der Waals surface area contributed by atoms with E-state index in [9.17, 15) is 9.59 Å². The molecule has 0 atom stereocenters. The van der Waals surface area contributed by atoms with E-state index in [-0.39, 0.29) is 18.1 Å². The van der Waals surface area contributed by atoms with Crippen LogP contribution in [-0.4, -0.2) is 34.5 Å². The van der Waals surface area contributed by atoms with Gasteiger partial charge in [-0.1, -0.05) is 6.42 Å². The molecule has 2 heterocycles. The van der Waals surface area contributed by atoms with Gasteiger partial charge >= 0.3 is 5.69 Å². The molecule has 0 aliphatic carbocycles. The first-order valence-corrected chi connectivity index (χ1v) is 8.31. The zero-order valence-electron chi connectivity index (χ0n) is 14.4. The SMILES string of the molecule is COc1ccc(OC)c(NC(=O)Cn2nc3n(c2=O)CCCCC3)c1. The molecule has 0 spiro atoms. The number of aryl methyl sites for hydroxylation is 1. The first-order valence-electron chi connectivity index (χ1n) is 8.31. The van der Waals surface area contributed by atoms with E-state index in [0.29, 0.717) is 23.7 Å². The van der Waals surface area contributed by atoms with Gasteiger partial charge in [0.15, 0.2) is 0 Å². The van der Waals surface area contributed by atoms with Crippen LogP contribution in [0, 0.1) is 0 Å². The number of carbonyl (C=O) groups excluding carboxylic acids is 1. The van der Waals surface area contributed by atoms with Crippen LogP contribution in [0.1, 0.15) is 25.1 Å². The molecule has 1 amide bonds. The smallest absolute Gasteiger partial charge is 0.346 e. The summed E-state index contributed by atoms with van der Waals surface area (Å²) in [6, 6.07) is 5.12. The van der Waals surface area contributed by atoms with Crippen LogP contribution in [0.5, 0.6) is 11.5 Å². The molecule has 3 rings (SSSR count). The number of fused-ring (bicyclic) bond motifs is 1. The average Bonchev–Trinajstić information content (AvgIpc) is 2.78. The van der Waals surface area contributed by atoms with Crippen molar-refractivity contribution in [3.63, 3.8) is 0 Å². The Morgan fingerprint density at radius 3 is 2.84 bits per heavy atom. The van der Waals surface area contributed by atoms with E-state index >= 15 is 0 Å². The number of amides is 1. The molecule has 0 fully saturated rings. The standard InChI is InChI=1S/C17H22N4O4/c1-24-12-7-8-14(25-2)13(10-12)18-16(22)11-21-17(23)20-9-5-3-4-6-15(20)19-21/h7-8,10H,3-6,9,11H2,1-2H3,(H,18,22). The lowest BCUT2D eigenvalue weighted by Crippen LogP contribution is -2.30. The van der Waals surface area contributed by atoms with Crippen molar-refractivity contribution >= 4 is 11.6 Å². The van der Waals surface area contributed by atoms with Crippen LogP contribution < -0.4 is 20.5 Å². The fourth-order valence-corrected chi connectivity index (χ4v) is 2.97. The molecule has 0 saturated heterocycles. The Bertz CT molecular complexity index is 825. The van der Waals surface area contributed by atoms with E-state index in [4.69, 9.17) is 9.47 Å². The van der Waals surface area contributed by atoms with E-state index in [2.05, 4.69) is 10.4 Å². The molecule has 25 heavy (non-hydrogen) atoms. The number of nitrogens with zero attached hydrogens (tertiary/aromatic N) is 3. The predicted molar refractivity (Wildman–Crippen MR) is 92.2 cm³/mol. The highest BCUT2D eigenvalue weighted by molar-refractivity contribution is 5.92. The van der Waals surface area contributed by atoms with Crippen molar-refractivity contribution in [2.45, 2.75) is 38.8 Å². The van der Waals surface area contributed by atoms with Crippen LogP contribution in [0.4, 0.5) is 5.69 Å². The van der Waals surface area contributed by atoms with Gasteiger partial charge < -0.3 is 14.8 Å². The highest BCUT2D eigenvalue weighted by Crippen LogP contribution is 2.28. The topological polar surface area (TPSA) is 87.4 Å². The second-order valence-corrected chi connectivity index (χ2v) is 5.93. The zero-order chi connectivity index (χ0) is 17.8. The Labute approximate surface area is 145 Å². The number of nitrogens with one attached hydrogen (secondary N) is 1. The quantitative estimate of drug-likeness (QED) is 0.885. The van der Waals surface area contributed by atoms with E-state index in [0.717, 1.165) is 31.5 Å². The lowest BCUT2D eigenvalue weighted by Gasteiger charge is -2.11. The first kappa shape index (κ1) is 17.1. The third-order valence-corrected chi connectivity index (χ3v) is 4.26. The number of methoxy groups -OCH3 is 2. The number of hydrogen-bond acceptors (Lipinski definition) is 5. The Kier molecular flexibility index (Phi) is 5.06. The lowest BCUT2D eigenvalue weighted by atomic mass is 10.2. The van der Waals surface area contributed by atoms with Gasteiger partial charge in [0.2, 0.25) is 5.91 Å². The fourth-order valence-electron chi connectivity index (χ4n) is 2.97. The van der Waals surface area contributed by atoms with Crippen molar-refractivity contribution in [3.05, 3.63) is 34.5 Å². The summed E-state index contributed by atoms with van der Waals surface area (Å²) in [4.78, 5) is 24.8. The van der Waals surface area contributed by atoms with Crippen molar-refractivity contribution in [1.82, 2.24) is 14.3 Å². The van der Waals surface area contributed by atoms with E-state index < -0.39 is 0 Å². The third kappa shape index (κ3) is 3.67. The molecule has 1 aromatic heterocycles. The molecule has 2 aromatic rings. The third-order valence-electron chi connectivity index (χ3n) is 4.26. The van der Waals surface area contributed by atoms with E-state index in [1.165, 1.54) is 11.8 Å².